The molecule has 25 nitrogen and oxygen atoms in total. The number of aliphatic carboxylic acids is 2. The molecule has 3 heterocycles. The highest BCUT2D eigenvalue weighted by molar-refractivity contribution is 7.69. The van der Waals surface area contributed by atoms with Gasteiger partial charge in [0.15, 0.2) is 23.2 Å². The van der Waals surface area contributed by atoms with Crippen molar-refractivity contribution in [3.05, 3.63) is 12.7 Å². The van der Waals surface area contributed by atoms with Crippen molar-refractivity contribution in [1.29, 1.82) is 0 Å². The van der Waals surface area contributed by atoms with Gasteiger partial charge in [0, 0.05) is 0 Å². The van der Waals surface area contributed by atoms with Crippen LogP contribution in [0.25, 0.3) is 11.2 Å². The maximum Gasteiger partial charge on any atom is 0.490 e. The number of carbonyl (C=O) groups is 2. The first-order valence-corrected chi connectivity index (χ1v) is 16.8. The third-order valence-electron chi connectivity index (χ3n) is 4.93. The monoisotopic (exact) mass is 703 g/mol. The molecule has 0 spiro atoms. The summed E-state index contributed by atoms with van der Waals surface area (Å²) < 4.78 is 67.3. The van der Waals surface area contributed by atoms with E-state index >= 15 is 0 Å². The van der Waals surface area contributed by atoms with Crippen LogP contribution in [0.1, 0.15) is 6.23 Å². The van der Waals surface area contributed by atoms with E-state index in [0.29, 0.717) is 0 Å². The molecule has 1 saturated heterocycles. The van der Waals surface area contributed by atoms with Gasteiger partial charge in [0.25, 0.3) is 0 Å². The van der Waals surface area contributed by atoms with E-state index in [0.717, 1.165) is 22.1 Å². The quantitative estimate of drug-likeness (QED) is 0.0895. The fourth-order valence-electron chi connectivity index (χ4n) is 3.50. The minimum atomic E-state index is -6.10. The number of nitrogens with zero attached hydrogens (tertiary/aromatic N) is 5. The smallest absolute Gasteiger partial charge is 0.480 e. The lowest BCUT2D eigenvalue weighted by atomic mass is 10.1. The molecule has 3 rings (SSSR count). The molecule has 0 saturated carbocycles. The van der Waals surface area contributed by atoms with Crippen LogP contribution >= 0.6 is 31.3 Å². The molecule has 5 unspecified atom stereocenters. The van der Waals surface area contributed by atoms with E-state index in [9.17, 15) is 47.8 Å². The molecular weight excluding hydrogens is 682 g/mol. The van der Waals surface area contributed by atoms with Gasteiger partial charge in [0.05, 0.1) is 12.9 Å². The lowest BCUT2D eigenvalue weighted by Crippen LogP contribution is -2.35. The topological polar surface area (TPSA) is 377 Å². The number of ether oxygens (including phenoxy) is 1. The molecule has 29 heteroatoms. The lowest BCUT2D eigenvalue weighted by Gasteiger charge is -2.20. The number of fused-ring (bicyclic) bond motifs is 1. The van der Waals surface area contributed by atoms with Crippen LogP contribution in [0, 0.1) is 0 Å². The summed E-state index contributed by atoms with van der Waals surface area (Å²) >= 11 is 0. The highest BCUT2D eigenvalue weighted by atomic mass is 31.3. The minimum Gasteiger partial charge on any atom is -0.480 e. The van der Waals surface area contributed by atoms with Gasteiger partial charge in [-0.15, -0.1) is 0 Å². The molecule has 0 aromatic carbocycles. The normalized spacial score (nSPS) is 25.1. The number of anilines is 1. The van der Waals surface area contributed by atoms with Crippen molar-refractivity contribution in [2.24, 2.45) is 0 Å². The van der Waals surface area contributed by atoms with Crippen molar-refractivity contribution in [3.8, 4) is 0 Å². The predicted molar refractivity (Wildman–Crippen MR) is 129 cm³/mol. The van der Waals surface area contributed by atoms with Gasteiger partial charge in [-0.1, -0.05) is 0 Å². The van der Waals surface area contributed by atoms with E-state index in [4.69, 9.17) is 29.6 Å². The molecule has 43 heavy (non-hydrogen) atoms. The number of rotatable bonds is 15. The van der Waals surface area contributed by atoms with Crippen LogP contribution in [0.2, 0.25) is 0 Å². The summed E-state index contributed by atoms with van der Waals surface area (Å²) in [5, 5.41) is 39.1. The molecule has 9 N–H and O–H groups in total. The summed E-state index contributed by atoms with van der Waals surface area (Å²) in [6, 6.07) is 0. The molecule has 7 atom stereocenters. The highest BCUT2D eigenvalue weighted by Gasteiger charge is 2.48. The first-order valence-electron chi connectivity index (χ1n) is 10.8. The third-order valence-corrected chi connectivity index (χ3v) is 10.4. The van der Waals surface area contributed by atoms with Crippen molar-refractivity contribution < 1.29 is 94.9 Å². The number of phosphoric ester groups is 1. The Kier molecular flexibility index (Phi) is 10.6. The maximum absolute atomic E-state index is 12.1. The molecule has 0 bridgehead atoms. The van der Waals surface area contributed by atoms with Crippen molar-refractivity contribution in [1.82, 2.24) is 19.5 Å². The molecule has 0 amide bonds. The third kappa shape index (κ3) is 9.61. The molecule has 2 aromatic rings. The van der Waals surface area contributed by atoms with Crippen molar-refractivity contribution in [2.75, 3.05) is 24.6 Å². The number of aliphatic hydroxyl groups is 2. The second-order valence-corrected chi connectivity index (χ2v) is 14.2. The van der Waals surface area contributed by atoms with Crippen LogP contribution in [0.3, 0.4) is 0 Å². The first-order chi connectivity index (χ1) is 19.6. The van der Waals surface area contributed by atoms with Crippen LogP contribution in [0.15, 0.2) is 12.7 Å². The van der Waals surface area contributed by atoms with Crippen LogP contribution in [0.4, 0.5) is 5.82 Å². The van der Waals surface area contributed by atoms with Crippen molar-refractivity contribution >= 4 is 60.2 Å². The van der Waals surface area contributed by atoms with E-state index in [1.807, 2.05) is 0 Å². The Balaban J connectivity index is 1.75. The van der Waals surface area contributed by atoms with Gasteiger partial charge in [0.1, 0.15) is 37.7 Å². The number of imidazole rings is 1. The van der Waals surface area contributed by atoms with Gasteiger partial charge < -0.3 is 54.5 Å². The first kappa shape index (κ1) is 35.2. The Morgan fingerprint density at radius 1 is 0.860 bits per heavy atom. The summed E-state index contributed by atoms with van der Waals surface area (Å²) in [6.45, 7) is -2.77. The lowest BCUT2D eigenvalue weighted by molar-refractivity contribution is -0.136. The Labute approximate surface area is 236 Å². The number of carboxylic acid groups (broad SMARTS) is 2. The molecular formula is C14H21N5O20P4. The second kappa shape index (κ2) is 13.0. The molecule has 242 valence electrons. The van der Waals surface area contributed by atoms with Gasteiger partial charge in [-0.3, -0.25) is 18.7 Å². The zero-order valence-corrected chi connectivity index (χ0v) is 24.2. The number of carboxylic acids is 2. The highest BCUT2D eigenvalue weighted by Crippen LogP contribution is 2.70. The predicted octanol–water partition coefficient (Wildman–Crippen LogP) is -2.12. The summed E-state index contributed by atoms with van der Waals surface area (Å²) in [5.74, 6) is -3.03. The van der Waals surface area contributed by atoms with Gasteiger partial charge in [-0.2, -0.15) is 12.9 Å². The van der Waals surface area contributed by atoms with Gasteiger partial charge in [0.2, 0.25) is 0 Å². The van der Waals surface area contributed by atoms with E-state index in [1.54, 1.807) is 0 Å². The maximum atomic E-state index is 12.1. The number of hydrogen-bond acceptors (Lipinski definition) is 17. The number of aliphatic hydroxyl groups excluding tert-OH is 2. The Bertz CT molecular complexity index is 1550. The van der Waals surface area contributed by atoms with E-state index in [2.05, 4.69) is 32.4 Å². The molecule has 1 fully saturated rings. The summed E-state index contributed by atoms with van der Waals surface area (Å²) in [6.07, 6.45) is -5.09. The zero-order valence-electron chi connectivity index (χ0n) is 20.6. The molecule has 2 aromatic heterocycles. The average Bonchev–Trinajstić information content (AvgIpc) is 3.34. The van der Waals surface area contributed by atoms with Gasteiger partial charge in [-0.25, -0.2) is 33.2 Å². The second-order valence-electron chi connectivity index (χ2n) is 8.15. The van der Waals surface area contributed by atoms with Crippen LogP contribution in [-0.2, 0) is 50.0 Å². The average molecular weight is 703 g/mol. The standard InChI is InChI=1S/C14H21N5O20P4/c20-7(21)1-18(2-8(22)23)12-9-13(16-4-15-12)19(5-17-9)14-11(25)10(24)6(36-14)3-35-41(29,30)38-43(33,34)39-42(31,32)37-40(26,27)28/h4-6,10-11,14,24-25H,1-3H2,(H,20,21)(H,22,23)(H,29,30)(H,31,32)(H,33,34)(H2,26,27,28)/t6-,10?,11?,14-/m1/s1. The fourth-order valence-corrected chi connectivity index (χ4v) is 7.96. The summed E-state index contributed by atoms with van der Waals surface area (Å²) in [7, 11) is -23.6. The SMILES string of the molecule is O=C(O)CN(CC(=O)O)c1ncnc2c1ncn2[C@@H]1O[C@H](COP(=O)(O)OP(=O)(O)OP(=O)(O)OP(=O)(O)O)C(O)C1O. The molecule has 0 aliphatic carbocycles. The van der Waals surface area contributed by atoms with Crippen molar-refractivity contribution in [3.63, 3.8) is 0 Å². The number of hydrogen-bond donors (Lipinski definition) is 9. The molecule has 1 aliphatic rings. The van der Waals surface area contributed by atoms with Crippen LogP contribution < -0.4 is 4.90 Å². The minimum absolute atomic E-state index is 0.147. The Hall–Kier alpha value is -2.27. The summed E-state index contributed by atoms with van der Waals surface area (Å²) in [4.78, 5) is 80.3. The van der Waals surface area contributed by atoms with Crippen molar-refractivity contribution in [2.45, 2.75) is 24.5 Å². The molecule has 0 radical (unpaired) electrons. The van der Waals surface area contributed by atoms with E-state index < -0.39 is 87.5 Å². The van der Waals surface area contributed by atoms with Crippen LogP contribution in [-0.4, -0.2) is 114 Å². The Morgan fingerprint density at radius 3 is 1.98 bits per heavy atom. The number of phosphoric acid groups is 4. The van der Waals surface area contributed by atoms with E-state index in [1.165, 1.54) is 0 Å². The summed E-state index contributed by atoms with van der Waals surface area (Å²) in [5.41, 5.74) is -0.296. The van der Waals surface area contributed by atoms with Gasteiger partial charge in [-0.05, 0) is 0 Å². The molecule has 1 aliphatic heterocycles. The zero-order chi connectivity index (χ0) is 32.5. The van der Waals surface area contributed by atoms with Gasteiger partial charge >= 0.3 is 43.2 Å². The fraction of sp³-hybridized carbons (Fsp3) is 0.500. The van der Waals surface area contributed by atoms with Crippen LogP contribution in [0.5, 0.6) is 0 Å². The number of aromatic nitrogens is 4. The largest absolute Gasteiger partial charge is 0.490 e. The Morgan fingerprint density at radius 2 is 1.42 bits per heavy atom. The van der Waals surface area contributed by atoms with E-state index in [-0.39, 0.29) is 17.0 Å².